The first kappa shape index (κ1) is 15.2. The molecular weight excluding hydrogens is 357 g/mol. The molecule has 1 fully saturated rings. The van der Waals surface area contributed by atoms with Crippen LogP contribution in [0.15, 0.2) is 27.7 Å². The van der Waals surface area contributed by atoms with Crippen molar-refractivity contribution in [1.82, 2.24) is 0 Å². The van der Waals surface area contributed by atoms with Crippen molar-refractivity contribution in [1.29, 1.82) is 0 Å². The predicted octanol–water partition coefficient (Wildman–Crippen LogP) is 3.55. The first-order valence-corrected chi connectivity index (χ1v) is 8.49. The molecule has 0 saturated carbocycles. The van der Waals surface area contributed by atoms with Crippen LogP contribution >= 0.6 is 27.7 Å². The Morgan fingerprint density at radius 2 is 2.33 bits per heavy atom. The van der Waals surface area contributed by atoms with Gasteiger partial charge in [-0.3, -0.25) is 9.79 Å². The Bertz CT molecular complexity index is 636. The van der Waals surface area contributed by atoms with Gasteiger partial charge in [0.25, 0.3) is 0 Å². The molecule has 1 saturated heterocycles. The fraction of sp³-hybridized carbons (Fsp3) is 0.467. The van der Waals surface area contributed by atoms with Gasteiger partial charge in [0.1, 0.15) is 17.5 Å². The second-order valence-corrected chi connectivity index (χ2v) is 7.57. The van der Waals surface area contributed by atoms with Crippen LogP contribution in [0.5, 0.6) is 0 Å². The third-order valence-corrected chi connectivity index (χ3v) is 5.61. The summed E-state index contributed by atoms with van der Waals surface area (Å²) in [6.45, 7) is 3.68. The Labute approximate surface area is 135 Å². The van der Waals surface area contributed by atoms with E-state index in [-0.39, 0.29) is 24.1 Å². The van der Waals surface area contributed by atoms with Crippen molar-refractivity contribution in [3.8, 4) is 0 Å². The Morgan fingerprint density at radius 1 is 1.57 bits per heavy atom. The molecule has 1 aromatic rings. The average molecular weight is 372 g/mol. The molecule has 0 bridgehead atoms. The molecule has 112 valence electrons. The number of halogens is 2. The number of aliphatic imine (C=N–C) groups is 1. The third-order valence-electron chi connectivity index (χ3n) is 4.09. The first-order valence-electron chi connectivity index (χ1n) is 6.71. The summed E-state index contributed by atoms with van der Waals surface area (Å²) in [5.74, 6) is 0.255. The number of fused-ring (bicyclic) bond motifs is 1. The highest BCUT2D eigenvalue weighted by Crippen LogP contribution is 2.49. The SMILES string of the molecule is CC(=O)[C@H]1OC[C@]2(c3cc(Br)ccc3F)N=C(C)SC[C@H]12. The number of benzene rings is 1. The van der Waals surface area contributed by atoms with Gasteiger partial charge in [-0.2, -0.15) is 0 Å². The average Bonchev–Trinajstić information content (AvgIpc) is 2.81. The van der Waals surface area contributed by atoms with E-state index < -0.39 is 11.6 Å². The van der Waals surface area contributed by atoms with Gasteiger partial charge in [-0.15, -0.1) is 11.8 Å². The standard InChI is InChI=1S/C15H15BrFNO2S/c1-8(19)14-12-6-21-9(2)18-15(12,7-20-14)11-5-10(16)3-4-13(11)17/h3-5,12,14H,6-7H2,1-2H3/t12-,14-,15-/m1/s1. The number of carbonyl (C=O) groups is 1. The lowest BCUT2D eigenvalue weighted by Crippen LogP contribution is -2.42. The van der Waals surface area contributed by atoms with E-state index in [1.54, 1.807) is 23.9 Å². The molecule has 3 nitrogen and oxygen atoms in total. The normalized spacial score (nSPS) is 31.7. The number of rotatable bonds is 2. The van der Waals surface area contributed by atoms with E-state index in [1.807, 2.05) is 6.92 Å². The summed E-state index contributed by atoms with van der Waals surface area (Å²) in [7, 11) is 0. The van der Waals surface area contributed by atoms with Crippen molar-refractivity contribution in [2.75, 3.05) is 12.4 Å². The minimum Gasteiger partial charge on any atom is -0.367 e. The Balaban J connectivity index is 2.17. The van der Waals surface area contributed by atoms with E-state index in [1.165, 1.54) is 13.0 Å². The van der Waals surface area contributed by atoms with Gasteiger partial charge in [0.2, 0.25) is 0 Å². The van der Waals surface area contributed by atoms with Gasteiger partial charge in [0, 0.05) is 21.7 Å². The number of hydrogen-bond donors (Lipinski definition) is 0. The maximum Gasteiger partial charge on any atom is 0.158 e. The van der Waals surface area contributed by atoms with Crippen LogP contribution in [0.1, 0.15) is 19.4 Å². The Hall–Kier alpha value is -0.720. The molecule has 3 rings (SSSR count). The van der Waals surface area contributed by atoms with E-state index in [9.17, 15) is 9.18 Å². The Kier molecular flexibility index (Phi) is 3.96. The molecular formula is C15H15BrFNO2S. The number of carbonyl (C=O) groups excluding carboxylic acids is 1. The second-order valence-electron chi connectivity index (χ2n) is 5.44. The largest absolute Gasteiger partial charge is 0.367 e. The maximum atomic E-state index is 14.4. The summed E-state index contributed by atoms with van der Waals surface area (Å²) in [5.41, 5.74) is -0.287. The van der Waals surface area contributed by atoms with Crippen LogP contribution in [0.25, 0.3) is 0 Å². The maximum absolute atomic E-state index is 14.4. The van der Waals surface area contributed by atoms with Crippen molar-refractivity contribution in [2.24, 2.45) is 10.9 Å². The van der Waals surface area contributed by atoms with Crippen molar-refractivity contribution in [3.05, 3.63) is 34.1 Å². The molecule has 0 amide bonds. The zero-order valence-electron chi connectivity index (χ0n) is 11.7. The van der Waals surface area contributed by atoms with Crippen LogP contribution < -0.4 is 0 Å². The van der Waals surface area contributed by atoms with Gasteiger partial charge in [-0.1, -0.05) is 15.9 Å². The summed E-state index contributed by atoms with van der Waals surface area (Å²) in [5, 5.41) is 0.901. The molecule has 2 heterocycles. The lowest BCUT2D eigenvalue weighted by molar-refractivity contribution is -0.126. The highest BCUT2D eigenvalue weighted by molar-refractivity contribution is 9.10. The Morgan fingerprint density at radius 3 is 3.05 bits per heavy atom. The van der Waals surface area contributed by atoms with E-state index >= 15 is 0 Å². The summed E-state index contributed by atoms with van der Waals surface area (Å²) in [4.78, 5) is 16.5. The van der Waals surface area contributed by atoms with Crippen molar-refractivity contribution in [2.45, 2.75) is 25.5 Å². The second kappa shape index (κ2) is 5.48. The highest BCUT2D eigenvalue weighted by atomic mass is 79.9. The third kappa shape index (κ3) is 2.47. The lowest BCUT2D eigenvalue weighted by atomic mass is 9.78. The highest BCUT2D eigenvalue weighted by Gasteiger charge is 2.55. The van der Waals surface area contributed by atoms with Gasteiger partial charge >= 0.3 is 0 Å². The zero-order valence-corrected chi connectivity index (χ0v) is 14.1. The molecule has 3 atom stereocenters. The molecule has 1 aromatic carbocycles. The van der Waals surface area contributed by atoms with E-state index in [4.69, 9.17) is 9.73 Å². The molecule has 2 aliphatic heterocycles. The van der Waals surface area contributed by atoms with Crippen LogP contribution in [0.2, 0.25) is 0 Å². The van der Waals surface area contributed by atoms with Gasteiger partial charge in [0.05, 0.1) is 11.7 Å². The van der Waals surface area contributed by atoms with E-state index in [2.05, 4.69) is 15.9 Å². The summed E-state index contributed by atoms with van der Waals surface area (Å²) in [6.07, 6.45) is -0.507. The lowest BCUT2D eigenvalue weighted by Gasteiger charge is -2.35. The predicted molar refractivity (Wildman–Crippen MR) is 85.3 cm³/mol. The van der Waals surface area contributed by atoms with Crippen LogP contribution in [0, 0.1) is 11.7 Å². The van der Waals surface area contributed by atoms with Crippen molar-refractivity contribution in [3.63, 3.8) is 0 Å². The smallest absolute Gasteiger partial charge is 0.158 e. The molecule has 21 heavy (non-hydrogen) atoms. The van der Waals surface area contributed by atoms with Gasteiger partial charge in [0.15, 0.2) is 5.78 Å². The van der Waals surface area contributed by atoms with Gasteiger partial charge < -0.3 is 4.74 Å². The molecule has 0 N–H and O–H groups in total. The summed E-state index contributed by atoms with van der Waals surface area (Å²) >= 11 is 4.99. The van der Waals surface area contributed by atoms with E-state index in [0.29, 0.717) is 11.3 Å². The summed E-state index contributed by atoms with van der Waals surface area (Å²) in [6, 6.07) is 4.84. The van der Waals surface area contributed by atoms with E-state index in [0.717, 1.165) is 9.52 Å². The molecule has 0 spiro atoms. The number of Topliss-reactive ketones (excluding diaryl/α,β-unsaturated/α-hetero) is 1. The topological polar surface area (TPSA) is 38.7 Å². The monoisotopic (exact) mass is 371 g/mol. The fourth-order valence-electron chi connectivity index (χ4n) is 3.12. The number of ketones is 1. The zero-order chi connectivity index (χ0) is 15.2. The summed E-state index contributed by atoms with van der Waals surface area (Å²) < 4.78 is 20.9. The molecule has 0 radical (unpaired) electrons. The van der Waals surface area contributed by atoms with Crippen LogP contribution in [0.4, 0.5) is 4.39 Å². The molecule has 2 aliphatic rings. The minimum atomic E-state index is -0.792. The quantitative estimate of drug-likeness (QED) is 0.797. The van der Waals surface area contributed by atoms with Crippen molar-refractivity contribution < 1.29 is 13.9 Å². The number of hydrogen-bond acceptors (Lipinski definition) is 4. The molecule has 0 aliphatic carbocycles. The molecule has 6 heteroatoms. The van der Waals surface area contributed by atoms with Crippen LogP contribution in [0.3, 0.4) is 0 Å². The first-order chi connectivity index (χ1) is 9.94. The molecule has 0 unspecified atom stereocenters. The number of ether oxygens (including phenoxy) is 1. The fourth-order valence-corrected chi connectivity index (χ4v) is 4.58. The van der Waals surface area contributed by atoms with Gasteiger partial charge in [-0.25, -0.2) is 4.39 Å². The van der Waals surface area contributed by atoms with Crippen LogP contribution in [-0.2, 0) is 15.1 Å². The minimum absolute atomic E-state index is 0.0207. The molecule has 0 aromatic heterocycles. The number of nitrogens with zero attached hydrogens (tertiary/aromatic N) is 1. The van der Waals surface area contributed by atoms with Gasteiger partial charge in [-0.05, 0) is 32.0 Å². The number of thioether (sulfide) groups is 1. The van der Waals surface area contributed by atoms with Crippen molar-refractivity contribution >= 4 is 38.5 Å². The van der Waals surface area contributed by atoms with Crippen LogP contribution in [-0.4, -0.2) is 29.3 Å².